The molecule has 2 aromatic heterocycles. The number of carboxylic acids is 1. The van der Waals surface area contributed by atoms with Gasteiger partial charge in [-0.05, 0) is 30.4 Å². The zero-order valence-corrected chi connectivity index (χ0v) is 16.2. The Labute approximate surface area is 170 Å². The highest BCUT2D eigenvalue weighted by molar-refractivity contribution is 5.95. The summed E-state index contributed by atoms with van der Waals surface area (Å²) in [5.74, 6) is -0.971. The van der Waals surface area contributed by atoms with Crippen LogP contribution < -0.4 is 0 Å². The van der Waals surface area contributed by atoms with Crippen LogP contribution in [0.5, 0.6) is 0 Å². The van der Waals surface area contributed by atoms with Gasteiger partial charge >= 0.3 is 12.1 Å². The first kappa shape index (κ1) is 21.8. The van der Waals surface area contributed by atoms with Crippen molar-refractivity contribution in [2.24, 2.45) is 11.8 Å². The number of halogens is 3. The minimum atomic E-state index is -5.08. The highest BCUT2D eigenvalue weighted by atomic mass is 19.4. The highest BCUT2D eigenvalue weighted by Gasteiger charge is 2.42. The summed E-state index contributed by atoms with van der Waals surface area (Å²) in [5.41, 5.74) is 1.85. The summed E-state index contributed by atoms with van der Waals surface area (Å²) in [7, 11) is 0. The van der Waals surface area contributed by atoms with Gasteiger partial charge in [-0.1, -0.05) is 11.2 Å². The molecule has 4 rings (SSSR count). The van der Waals surface area contributed by atoms with Crippen LogP contribution in [-0.2, 0) is 11.3 Å². The number of aromatic nitrogens is 2. The summed E-state index contributed by atoms with van der Waals surface area (Å²) < 4.78 is 36.7. The molecule has 0 aromatic carbocycles. The van der Waals surface area contributed by atoms with Gasteiger partial charge in [0.25, 0.3) is 5.91 Å². The van der Waals surface area contributed by atoms with Crippen molar-refractivity contribution in [2.45, 2.75) is 19.6 Å². The Balaban J connectivity index is 0.000000318. The second-order valence-electron chi connectivity index (χ2n) is 7.38. The van der Waals surface area contributed by atoms with Gasteiger partial charge in [-0.15, -0.1) is 0 Å². The number of alkyl halides is 3. The highest BCUT2D eigenvalue weighted by Crippen LogP contribution is 2.32. The predicted octanol–water partition coefficient (Wildman–Crippen LogP) is 2.22. The van der Waals surface area contributed by atoms with Gasteiger partial charge in [-0.2, -0.15) is 13.2 Å². The number of carbonyl (C=O) groups is 2. The minimum Gasteiger partial charge on any atom is -0.475 e. The number of aliphatic carboxylic acids is 1. The van der Waals surface area contributed by atoms with Gasteiger partial charge in [0.05, 0.1) is 6.20 Å². The van der Waals surface area contributed by atoms with E-state index in [0.29, 0.717) is 23.2 Å². The average Bonchev–Trinajstić information content (AvgIpc) is 3.36. The molecule has 30 heavy (non-hydrogen) atoms. The summed E-state index contributed by atoms with van der Waals surface area (Å²) in [4.78, 5) is 30.0. The molecule has 0 saturated carbocycles. The lowest BCUT2D eigenvalue weighted by molar-refractivity contribution is -0.192. The molecular weight excluding hydrogens is 405 g/mol. The minimum absolute atomic E-state index is 0.0527. The van der Waals surface area contributed by atoms with Crippen molar-refractivity contribution in [3.8, 4) is 0 Å². The molecular formula is C19H21F3N4O4. The largest absolute Gasteiger partial charge is 0.490 e. The molecule has 11 heteroatoms. The van der Waals surface area contributed by atoms with Crippen molar-refractivity contribution in [2.75, 3.05) is 26.2 Å². The first-order valence-electron chi connectivity index (χ1n) is 9.27. The first-order chi connectivity index (χ1) is 14.1. The average molecular weight is 426 g/mol. The quantitative estimate of drug-likeness (QED) is 0.803. The number of nitrogens with zero attached hydrogens (tertiary/aromatic N) is 4. The molecule has 2 aliphatic rings. The van der Waals surface area contributed by atoms with Gasteiger partial charge < -0.3 is 14.5 Å². The number of hydrogen-bond donors (Lipinski definition) is 1. The molecule has 2 atom stereocenters. The summed E-state index contributed by atoms with van der Waals surface area (Å²) in [5, 5.41) is 10.8. The van der Waals surface area contributed by atoms with E-state index in [4.69, 9.17) is 14.4 Å². The van der Waals surface area contributed by atoms with Gasteiger partial charge in [0.15, 0.2) is 0 Å². The Morgan fingerprint density at radius 3 is 2.30 bits per heavy atom. The number of aryl methyl sites for hydroxylation is 1. The predicted molar refractivity (Wildman–Crippen MR) is 97.3 cm³/mol. The number of hydrogen-bond acceptors (Lipinski definition) is 6. The van der Waals surface area contributed by atoms with Crippen molar-refractivity contribution < 1.29 is 32.4 Å². The van der Waals surface area contributed by atoms with E-state index in [1.54, 1.807) is 13.1 Å². The summed E-state index contributed by atoms with van der Waals surface area (Å²) in [6.07, 6.45) is 0.178. The number of fused-ring (bicyclic) bond motifs is 1. The van der Waals surface area contributed by atoms with Crippen LogP contribution in [0.1, 0.15) is 21.7 Å². The molecule has 8 nitrogen and oxygen atoms in total. The van der Waals surface area contributed by atoms with Crippen molar-refractivity contribution in [3.05, 3.63) is 47.6 Å². The summed E-state index contributed by atoms with van der Waals surface area (Å²) >= 11 is 0. The van der Waals surface area contributed by atoms with Crippen molar-refractivity contribution in [1.82, 2.24) is 19.9 Å². The van der Waals surface area contributed by atoms with E-state index in [-0.39, 0.29) is 5.91 Å². The normalized spacial score (nSPS) is 21.1. The van der Waals surface area contributed by atoms with Gasteiger partial charge in [-0.25, -0.2) is 4.79 Å². The second kappa shape index (κ2) is 8.82. The molecule has 0 unspecified atom stereocenters. The van der Waals surface area contributed by atoms with E-state index in [1.807, 2.05) is 17.2 Å². The number of carboxylic acid groups (broad SMARTS) is 1. The van der Waals surface area contributed by atoms with Crippen LogP contribution in [0, 0.1) is 18.8 Å². The van der Waals surface area contributed by atoms with Gasteiger partial charge in [0, 0.05) is 45.1 Å². The lowest BCUT2D eigenvalue weighted by Crippen LogP contribution is -2.33. The molecule has 1 N–H and O–H groups in total. The maximum atomic E-state index is 12.5. The van der Waals surface area contributed by atoms with Crippen LogP contribution in [-0.4, -0.2) is 69.3 Å². The number of rotatable bonds is 3. The zero-order valence-electron chi connectivity index (χ0n) is 16.2. The van der Waals surface area contributed by atoms with Crippen molar-refractivity contribution in [1.29, 1.82) is 0 Å². The number of pyridine rings is 1. The van der Waals surface area contributed by atoms with E-state index in [9.17, 15) is 18.0 Å². The Morgan fingerprint density at radius 2 is 1.83 bits per heavy atom. The molecule has 1 amide bonds. The maximum Gasteiger partial charge on any atom is 0.490 e. The molecule has 0 radical (unpaired) electrons. The van der Waals surface area contributed by atoms with Crippen LogP contribution in [0.3, 0.4) is 0 Å². The van der Waals surface area contributed by atoms with Crippen molar-refractivity contribution in [3.63, 3.8) is 0 Å². The van der Waals surface area contributed by atoms with E-state index >= 15 is 0 Å². The Hall–Kier alpha value is -2.95. The van der Waals surface area contributed by atoms with Crippen LogP contribution in [0.2, 0.25) is 0 Å². The van der Waals surface area contributed by atoms with Crippen LogP contribution >= 0.6 is 0 Å². The van der Waals surface area contributed by atoms with Gasteiger partial charge in [0.1, 0.15) is 11.3 Å². The van der Waals surface area contributed by atoms with Gasteiger partial charge in [0.2, 0.25) is 0 Å². The maximum absolute atomic E-state index is 12.5. The molecule has 2 saturated heterocycles. The number of carbonyl (C=O) groups excluding carboxylic acids is 1. The topological polar surface area (TPSA) is 99.8 Å². The SMILES string of the molecule is Cc1oncc1C(=O)N1C[C@H]2CN(Cc3cccnc3)C[C@H]2C1.O=C(O)C(F)(F)F. The molecule has 4 heterocycles. The molecule has 162 valence electrons. The third kappa shape index (κ3) is 5.15. The van der Waals surface area contributed by atoms with Crippen molar-refractivity contribution >= 4 is 11.9 Å². The fourth-order valence-corrected chi connectivity index (χ4v) is 3.81. The Morgan fingerprint density at radius 1 is 1.20 bits per heavy atom. The van der Waals surface area contributed by atoms with Crippen LogP contribution in [0.15, 0.2) is 35.2 Å². The van der Waals surface area contributed by atoms with Crippen LogP contribution in [0.25, 0.3) is 0 Å². The first-order valence-corrected chi connectivity index (χ1v) is 9.27. The van der Waals surface area contributed by atoms with E-state index in [2.05, 4.69) is 21.1 Å². The molecule has 0 aliphatic carbocycles. The summed E-state index contributed by atoms with van der Waals surface area (Å²) in [6.45, 7) is 6.49. The molecule has 2 aliphatic heterocycles. The lowest BCUT2D eigenvalue weighted by Gasteiger charge is -2.21. The smallest absolute Gasteiger partial charge is 0.475 e. The van der Waals surface area contributed by atoms with E-state index < -0.39 is 12.1 Å². The monoisotopic (exact) mass is 426 g/mol. The van der Waals surface area contributed by atoms with E-state index in [1.165, 1.54) is 11.8 Å². The van der Waals surface area contributed by atoms with E-state index in [0.717, 1.165) is 32.7 Å². The lowest BCUT2D eigenvalue weighted by atomic mass is 10.0. The Kier molecular flexibility index (Phi) is 6.40. The fourth-order valence-electron chi connectivity index (χ4n) is 3.81. The number of amides is 1. The Bertz CT molecular complexity index is 873. The standard InChI is InChI=1S/C17H20N4O2.C2HF3O2/c1-12-16(6-19-23-12)17(22)21-10-14-8-20(9-15(14)11-21)7-13-3-2-4-18-5-13;3-2(4,5)1(6)7/h2-6,14-15H,7-11H2,1H3;(H,6,7)/t14-,15+;. The third-order valence-corrected chi connectivity index (χ3v) is 5.20. The molecule has 0 bridgehead atoms. The third-order valence-electron chi connectivity index (χ3n) is 5.20. The van der Waals surface area contributed by atoms with Gasteiger partial charge in [-0.3, -0.25) is 14.7 Å². The molecule has 2 fully saturated rings. The second-order valence-corrected chi connectivity index (χ2v) is 7.38. The molecule has 0 spiro atoms. The van der Waals surface area contributed by atoms with Crippen LogP contribution in [0.4, 0.5) is 13.2 Å². The zero-order chi connectivity index (χ0) is 21.9. The number of likely N-dealkylation sites (tertiary alicyclic amines) is 2. The fraction of sp³-hybridized carbons (Fsp3) is 0.474. The summed E-state index contributed by atoms with van der Waals surface area (Å²) in [6, 6.07) is 4.10. The molecule has 2 aromatic rings.